The van der Waals surface area contributed by atoms with Crippen LogP contribution in [-0.2, 0) is 19.1 Å². The van der Waals surface area contributed by atoms with Gasteiger partial charge in [-0.05, 0) is 0 Å². The molecule has 0 fully saturated rings. The number of hydrogen-bond acceptors (Lipinski definition) is 6. The molecule has 6 nitrogen and oxygen atoms in total. The summed E-state index contributed by atoms with van der Waals surface area (Å²) in [5.74, 6) is -0.526. The smallest absolute Gasteiger partial charge is 0.302 e. The number of hydrogen-bond donors (Lipinski definition) is 2. The van der Waals surface area contributed by atoms with Crippen LogP contribution in [0.25, 0.3) is 0 Å². The van der Waals surface area contributed by atoms with Gasteiger partial charge in [0.25, 0.3) is 6.47 Å². The summed E-state index contributed by atoms with van der Waals surface area (Å²) in [5, 5.41) is 17.9. The van der Waals surface area contributed by atoms with Crippen LogP contribution in [0.3, 0.4) is 0 Å². The van der Waals surface area contributed by atoms with Crippen molar-refractivity contribution < 1.29 is 29.3 Å². The van der Waals surface area contributed by atoms with E-state index in [1.165, 1.54) is 6.92 Å². The summed E-state index contributed by atoms with van der Waals surface area (Å²) in [6.07, 6.45) is 0. The van der Waals surface area contributed by atoms with Crippen molar-refractivity contribution in [2.75, 3.05) is 26.4 Å². The number of aliphatic hydroxyl groups excluding tert-OH is 2. The van der Waals surface area contributed by atoms with Crippen LogP contribution in [0.2, 0.25) is 0 Å². The van der Waals surface area contributed by atoms with Crippen molar-refractivity contribution in [2.45, 2.75) is 6.92 Å². The first-order chi connectivity index (χ1) is 6.60. The van der Waals surface area contributed by atoms with E-state index in [1.54, 1.807) is 0 Å². The summed E-state index contributed by atoms with van der Waals surface area (Å²) < 4.78 is 9.05. The predicted octanol–water partition coefficient (Wildman–Crippen LogP) is -1.31. The lowest BCUT2D eigenvalue weighted by molar-refractivity contribution is -0.151. The van der Waals surface area contributed by atoms with Gasteiger partial charge in [0.15, 0.2) is 0 Å². The topological polar surface area (TPSA) is 93.1 Å². The van der Waals surface area contributed by atoms with Gasteiger partial charge in [0.1, 0.15) is 13.2 Å². The highest BCUT2D eigenvalue weighted by Crippen LogP contribution is 2.16. The van der Waals surface area contributed by atoms with Gasteiger partial charge in [-0.1, -0.05) is 0 Å². The lowest BCUT2D eigenvalue weighted by atomic mass is 9.92. The molecule has 0 bridgehead atoms. The lowest BCUT2D eigenvalue weighted by Gasteiger charge is -2.27. The second-order valence-electron chi connectivity index (χ2n) is 3.00. The highest BCUT2D eigenvalue weighted by Gasteiger charge is 2.31. The van der Waals surface area contributed by atoms with Gasteiger partial charge in [-0.25, -0.2) is 0 Å². The van der Waals surface area contributed by atoms with E-state index in [1.807, 2.05) is 0 Å². The zero-order chi connectivity index (χ0) is 11.0. The molecule has 0 saturated carbocycles. The van der Waals surface area contributed by atoms with Gasteiger partial charge < -0.3 is 19.7 Å². The van der Waals surface area contributed by atoms with E-state index < -0.39 is 24.6 Å². The molecule has 0 saturated heterocycles. The molecule has 0 unspecified atom stereocenters. The standard InChI is InChI=1S/C8H14O6/c1-7(12)14-5-8(2-9,3-10)4-13-6-11/h6,9-10H,2-5H2,1H3. The summed E-state index contributed by atoms with van der Waals surface area (Å²) in [5.41, 5.74) is -1.12. The molecule has 0 spiro atoms. The Kier molecular flexibility index (Phi) is 5.82. The van der Waals surface area contributed by atoms with Gasteiger partial charge in [-0.3, -0.25) is 9.59 Å². The van der Waals surface area contributed by atoms with E-state index in [2.05, 4.69) is 9.47 Å². The van der Waals surface area contributed by atoms with E-state index >= 15 is 0 Å². The molecule has 0 aromatic carbocycles. The van der Waals surface area contributed by atoms with Gasteiger partial charge in [-0.2, -0.15) is 0 Å². The fraction of sp³-hybridized carbons (Fsp3) is 0.750. The predicted molar refractivity (Wildman–Crippen MR) is 45.3 cm³/mol. The molecule has 0 aliphatic rings. The summed E-state index contributed by atoms with van der Waals surface area (Å²) >= 11 is 0. The number of carbonyl (C=O) groups is 2. The Hall–Kier alpha value is -1.14. The van der Waals surface area contributed by atoms with Crippen LogP contribution in [0, 0.1) is 5.41 Å². The zero-order valence-corrected chi connectivity index (χ0v) is 7.93. The minimum atomic E-state index is -1.12. The van der Waals surface area contributed by atoms with Crippen LogP contribution in [-0.4, -0.2) is 49.1 Å². The second-order valence-corrected chi connectivity index (χ2v) is 3.00. The first-order valence-corrected chi connectivity index (χ1v) is 4.00. The van der Waals surface area contributed by atoms with Crippen LogP contribution < -0.4 is 0 Å². The fourth-order valence-electron chi connectivity index (χ4n) is 0.740. The third-order valence-electron chi connectivity index (χ3n) is 1.71. The molecule has 0 heterocycles. The molecule has 0 atom stereocenters. The Labute approximate surface area is 81.4 Å². The maximum atomic E-state index is 10.5. The maximum absolute atomic E-state index is 10.5. The average Bonchev–Trinajstić information content (AvgIpc) is 2.19. The van der Waals surface area contributed by atoms with Gasteiger partial charge >= 0.3 is 5.97 Å². The third-order valence-corrected chi connectivity index (χ3v) is 1.71. The molecular formula is C8H14O6. The highest BCUT2D eigenvalue weighted by molar-refractivity contribution is 5.65. The van der Waals surface area contributed by atoms with E-state index in [9.17, 15) is 9.59 Å². The number of esters is 1. The Morgan fingerprint density at radius 1 is 1.36 bits per heavy atom. The van der Waals surface area contributed by atoms with Gasteiger partial charge in [0.2, 0.25) is 0 Å². The molecular weight excluding hydrogens is 192 g/mol. The molecule has 0 aromatic heterocycles. The van der Waals surface area contributed by atoms with Gasteiger partial charge in [-0.15, -0.1) is 0 Å². The van der Waals surface area contributed by atoms with Crippen LogP contribution in [0.5, 0.6) is 0 Å². The Balaban J connectivity index is 4.20. The van der Waals surface area contributed by atoms with E-state index in [-0.39, 0.29) is 19.7 Å². The lowest BCUT2D eigenvalue weighted by Crippen LogP contribution is -2.40. The third kappa shape index (κ3) is 4.20. The maximum Gasteiger partial charge on any atom is 0.302 e. The molecule has 6 heteroatoms. The SMILES string of the molecule is CC(=O)OCC(CO)(CO)COC=O. The van der Waals surface area contributed by atoms with Crippen molar-refractivity contribution in [3.8, 4) is 0 Å². The normalized spacial score (nSPS) is 10.8. The van der Waals surface area contributed by atoms with Crippen molar-refractivity contribution in [3.63, 3.8) is 0 Å². The molecule has 82 valence electrons. The molecule has 0 amide bonds. The van der Waals surface area contributed by atoms with E-state index in [0.29, 0.717) is 0 Å². The molecule has 0 aromatic rings. The minimum absolute atomic E-state index is 0.191. The molecule has 0 rings (SSSR count). The van der Waals surface area contributed by atoms with Crippen LogP contribution in [0.15, 0.2) is 0 Å². The average molecular weight is 206 g/mol. The largest absolute Gasteiger partial charge is 0.467 e. The molecule has 0 radical (unpaired) electrons. The number of ether oxygens (including phenoxy) is 2. The number of aliphatic hydroxyl groups is 2. The summed E-state index contributed by atoms with van der Waals surface area (Å²) in [4.78, 5) is 20.4. The number of rotatable bonds is 7. The Bertz CT molecular complexity index is 186. The van der Waals surface area contributed by atoms with Crippen LogP contribution >= 0.6 is 0 Å². The van der Waals surface area contributed by atoms with E-state index in [0.717, 1.165) is 0 Å². The molecule has 2 N–H and O–H groups in total. The zero-order valence-electron chi connectivity index (χ0n) is 7.93. The molecule has 0 aliphatic heterocycles. The van der Waals surface area contributed by atoms with Crippen LogP contribution in [0.1, 0.15) is 6.92 Å². The van der Waals surface area contributed by atoms with Crippen molar-refractivity contribution in [3.05, 3.63) is 0 Å². The van der Waals surface area contributed by atoms with Crippen molar-refractivity contribution in [1.29, 1.82) is 0 Å². The van der Waals surface area contributed by atoms with Crippen molar-refractivity contribution >= 4 is 12.4 Å². The minimum Gasteiger partial charge on any atom is -0.467 e. The fourth-order valence-corrected chi connectivity index (χ4v) is 0.740. The van der Waals surface area contributed by atoms with Gasteiger partial charge in [0.05, 0.1) is 18.6 Å². The van der Waals surface area contributed by atoms with Gasteiger partial charge in [0, 0.05) is 6.92 Å². The summed E-state index contributed by atoms with van der Waals surface area (Å²) in [7, 11) is 0. The van der Waals surface area contributed by atoms with Crippen LogP contribution in [0.4, 0.5) is 0 Å². The quantitative estimate of drug-likeness (QED) is 0.397. The Morgan fingerprint density at radius 2 is 1.93 bits per heavy atom. The summed E-state index contributed by atoms with van der Waals surface area (Å²) in [6, 6.07) is 0. The first-order valence-electron chi connectivity index (χ1n) is 4.00. The molecule has 14 heavy (non-hydrogen) atoms. The second kappa shape index (κ2) is 6.33. The first kappa shape index (κ1) is 12.9. The highest BCUT2D eigenvalue weighted by atomic mass is 16.5. The van der Waals surface area contributed by atoms with Crippen molar-refractivity contribution in [2.24, 2.45) is 5.41 Å². The van der Waals surface area contributed by atoms with Crippen molar-refractivity contribution in [1.82, 2.24) is 0 Å². The molecule has 0 aliphatic carbocycles. The summed E-state index contributed by atoms with van der Waals surface area (Å²) in [6.45, 7) is 0.142. The monoisotopic (exact) mass is 206 g/mol. The number of carbonyl (C=O) groups excluding carboxylic acids is 2. The Morgan fingerprint density at radius 3 is 2.29 bits per heavy atom. The van der Waals surface area contributed by atoms with E-state index in [4.69, 9.17) is 10.2 Å².